The topological polar surface area (TPSA) is 61.4 Å². The van der Waals surface area contributed by atoms with Crippen molar-refractivity contribution in [3.8, 4) is 0 Å². The highest BCUT2D eigenvalue weighted by Crippen LogP contribution is 2.34. The highest BCUT2D eigenvalue weighted by molar-refractivity contribution is 6.01. The number of amides is 2. The van der Waals surface area contributed by atoms with Crippen molar-refractivity contribution in [2.75, 3.05) is 18.4 Å². The molecular formula is C22H30FN3O2. The monoisotopic (exact) mass is 387 g/mol. The van der Waals surface area contributed by atoms with E-state index >= 15 is 0 Å². The molecule has 5 nitrogen and oxygen atoms in total. The van der Waals surface area contributed by atoms with Crippen LogP contribution in [0.15, 0.2) is 18.2 Å². The second kappa shape index (κ2) is 8.60. The number of likely N-dealkylation sites (tertiary alicyclic amines) is 1. The molecule has 0 aromatic heterocycles. The smallest absolute Gasteiger partial charge is 0.249 e. The quantitative estimate of drug-likeness (QED) is 0.776. The zero-order chi connectivity index (χ0) is 19.5. The number of nitrogens with one attached hydrogen (secondary N) is 2. The molecule has 0 spiro atoms. The summed E-state index contributed by atoms with van der Waals surface area (Å²) in [5.74, 6) is -0.516. The molecule has 3 fully saturated rings. The molecule has 1 saturated carbocycles. The standard InChI is InChI=1S/C22H30FN3O2/c23-19-14-16(24-20-8-9-21(27)25-22(20)28)6-7-18(19)15-10-12-26(13-11-15)17-4-2-1-3-5-17/h6-7,14-15,17,20,24H,1-5,8-13H2,(H,25,27,28). The first-order chi connectivity index (χ1) is 13.6. The lowest BCUT2D eigenvalue weighted by molar-refractivity contribution is -0.133. The van der Waals surface area contributed by atoms with Gasteiger partial charge in [-0.2, -0.15) is 0 Å². The Morgan fingerprint density at radius 3 is 2.43 bits per heavy atom. The van der Waals surface area contributed by atoms with Gasteiger partial charge in [-0.1, -0.05) is 25.3 Å². The molecule has 0 bridgehead atoms. The van der Waals surface area contributed by atoms with Gasteiger partial charge in [-0.15, -0.1) is 0 Å². The first-order valence-electron chi connectivity index (χ1n) is 10.7. The van der Waals surface area contributed by atoms with Crippen LogP contribution in [-0.4, -0.2) is 41.9 Å². The maximum atomic E-state index is 14.8. The average molecular weight is 387 g/mol. The number of hydrogen-bond acceptors (Lipinski definition) is 4. The Bertz CT molecular complexity index is 724. The van der Waals surface area contributed by atoms with Gasteiger partial charge in [0.15, 0.2) is 0 Å². The van der Waals surface area contributed by atoms with Crippen molar-refractivity contribution in [3.63, 3.8) is 0 Å². The lowest BCUT2D eigenvalue weighted by atomic mass is 9.86. The van der Waals surface area contributed by atoms with Gasteiger partial charge < -0.3 is 10.2 Å². The summed E-state index contributed by atoms with van der Waals surface area (Å²) in [6, 6.07) is 5.47. The van der Waals surface area contributed by atoms with E-state index in [1.807, 2.05) is 12.1 Å². The molecule has 2 N–H and O–H groups in total. The predicted molar refractivity (Wildman–Crippen MR) is 107 cm³/mol. The summed E-state index contributed by atoms with van der Waals surface area (Å²) in [5, 5.41) is 5.38. The zero-order valence-electron chi connectivity index (χ0n) is 16.4. The molecule has 1 aromatic carbocycles. The van der Waals surface area contributed by atoms with E-state index < -0.39 is 6.04 Å². The summed E-state index contributed by atoms with van der Waals surface area (Å²) in [5.41, 5.74) is 1.38. The molecule has 6 heteroatoms. The van der Waals surface area contributed by atoms with Gasteiger partial charge in [-0.05, 0) is 68.8 Å². The molecule has 152 valence electrons. The number of hydrogen-bond donors (Lipinski definition) is 2. The molecule has 4 rings (SSSR count). The van der Waals surface area contributed by atoms with E-state index in [0.717, 1.165) is 37.5 Å². The van der Waals surface area contributed by atoms with Gasteiger partial charge in [0.1, 0.15) is 11.9 Å². The van der Waals surface area contributed by atoms with Crippen LogP contribution in [0.4, 0.5) is 10.1 Å². The van der Waals surface area contributed by atoms with Gasteiger partial charge in [0, 0.05) is 18.2 Å². The number of nitrogens with zero attached hydrogens (tertiary/aromatic N) is 1. The molecular weight excluding hydrogens is 357 g/mol. The number of piperidine rings is 2. The Labute approximate surface area is 166 Å². The maximum Gasteiger partial charge on any atom is 0.249 e. The molecule has 2 heterocycles. The first kappa shape index (κ1) is 19.4. The number of anilines is 1. The van der Waals surface area contributed by atoms with Crippen LogP contribution < -0.4 is 10.6 Å². The van der Waals surface area contributed by atoms with Crippen molar-refractivity contribution < 1.29 is 14.0 Å². The van der Waals surface area contributed by atoms with E-state index in [1.54, 1.807) is 0 Å². The summed E-state index contributed by atoms with van der Waals surface area (Å²) in [6.45, 7) is 2.12. The van der Waals surface area contributed by atoms with E-state index in [-0.39, 0.29) is 23.5 Å². The third-order valence-corrected chi connectivity index (χ3v) is 6.64. The van der Waals surface area contributed by atoms with Crippen LogP contribution in [0.25, 0.3) is 0 Å². The van der Waals surface area contributed by atoms with Gasteiger partial charge in [0.05, 0.1) is 0 Å². The Kier molecular flexibility index (Phi) is 5.95. The van der Waals surface area contributed by atoms with Crippen LogP contribution in [0, 0.1) is 5.82 Å². The highest BCUT2D eigenvalue weighted by Gasteiger charge is 2.29. The second-order valence-electron chi connectivity index (χ2n) is 8.49. The number of halogens is 1. The molecule has 28 heavy (non-hydrogen) atoms. The number of imide groups is 1. The van der Waals surface area contributed by atoms with E-state index in [0.29, 0.717) is 18.5 Å². The van der Waals surface area contributed by atoms with Crippen LogP contribution >= 0.6 is 0 Å². The van der Waals surface area contributed by atoms with Crippen LogP contribution in [0.2, 0.25) is 0 Å². The minimum Gasteiger partial charge on any atom is -0.374 e. The van der Waals surface area contributed by atoms with Crippen molar-refractivity contribution in [2.45, 2.75) is 75.8 Å². The minimum absolute atomic E-state index is 0.201. The summed E-state index contributed by atoms with van der Waals surface area (Å²) in [7, 11) is 0. The Morgan fingerprint density at radius 2 is 1.75 bits per heavy atom. The van der Waals surface area contributed by atoms with Gasteiger partial charge >= 0.3 is 0 Å². The number of carbonyl (C=O) groups is 2. The van der Waals surface area contributed by atoms with Crippen LogP contribution in [0.3, 0.4) is 0 Å². The predicted octanol–water partition coefficient (Wildman–Crippen LogP) is 3.55. The van der Waals surface area contributed by atoms with E-state index in [9.17, 15) is 14.0 Å². The number of rotatable bonds is 4. The molecule has 2 aliphatic heterocycles. The summed E-state index contributed by atoms with van der Waals surface area (Å²) in [6.07, 6.45) is 9.47. The molecule has 1 aromatic rings. The van der Waals surface area contributed by atoms with E-state index in [4.69, 9.17) is 0 Å². The van der Waals surface area contributed by atoms with Crippen LogP contribution in [-0.2, 0) is 9.59 Å². The molecule has 2 saturated heterocycles. The van der Waals surface area contributed by atoms with Crippen molar-refractivity contribution >= 4 is 17.5 Å². The first-order valence-corrected chi connectivity index (χ1v) is 10.7. The fraction of sp³-hybridized carbons (Fsp3) is 0.636. The highest BCUT2D eigenvalue weighted by atomic mass is 19.1. The maximum absolute atomic E-state index is 14.8. The zero-order valence-corrected chi connectivity index (χ0v) is 16.4. The van der Waals surface area contributed by atoms with E-state index in [2.05, 4.69) is 15.5 Å². The molecule has 2 amide bonds. The SMILES string of the molecule is O=C1CCC(Nc2ccc(C3CCN(C4CCCCC4)CC3)c(F)c2)C(=O)N1. The second-order valence-corrected chi connectivity index (χ2v) is 8.49. The van der Waals surface area contributed by atoms with Crippen molar-refractivity contribution in [3.05, 3.63) is 29.6 Å². The van der Waals surface area contributed by atoms with Crippen molar-refractivity contribution in [2.24, 2.45) is 0 Å². The van der Waals surface area contributed by atoms with Gasteiger partial charge in [0.25, 0.3) is 0 Å². The average Bonchev–Trinajstić information content (AvgIpc) is 2.71. The Hall–Kier alpha value is -1.95. The third-order valence-electron chi connectivity index (χ3n) is 6.64. The molecule has 0 radical (unpaired) electrons. The molecule has 1 atom stereocenters. The van der Waals surface area contributed by atoms with Crippen LogP contribution in [0.1, 0.15) is 69.3 Å². The largest absolute Gasteiger partial charge is 0.374 e. The lowest BCUT2D eigenvalue weighted by Gasteiger charge is -2.39. The fourth-order valence-corrected chi connectivity index (χ4v) is 5.00. The molecule has 1 aliphatic carbocycles. The lowest BCUT2D eigenvalue weighted by Crippen LogP contribution is -2.47. The van der Waals surface area contributed by atoms with Crippen LogP contribution in [0.5, 0.6) is 0 Å². The molecule has 3 aliphatic rings. The fourth-order valence-electron chi connectivity index (χ4n) is 5.00. The Morgan fingerprint density at radius 1 is 1.00 bits per heavy atom. The third kappa shape index (κ3) is 4.37. The Balaban J connectivity index is 1.34. The van der Waals surface area contributed by atoms with Gasteiger partial charge in [-0.25, -0.2) is 4.39 Å². The van der Waals surface area contributed by atoms with Gasteiger partial charge in [-0.3, -0.25) is 14.9 Å². The number of carbonyl (C=O) groups excluding carboxylic acids is 2. The van der Waals surface area contributed by atoms with E-state index in [1.165, 1.54) is 38.2 Å². The van der Waals surface area contributed by atoms with Crippen molar-refractivity contribution in [1.82, 2.24) is 10.2 Å². The normalized spacial score (nSPS) is 25.5. The summed E-state index contributed by atoms with van der Waals surface area (Å²) in [4.78, 5) is 25.7. The minimum atomic E-state index is -0.485. The van der Waals surface area contributed by atoms with Gasteiger partial charge in [0.2, 0.25) is 11.8 Å². The summed E-state index contributed by atoms with van der Waals surface area (Å²) >= 11 is 0. The van der Waals surface area contributed by atoms with Crippen molar-refractivity contribution in [1.29, 1.82) is 0 Å². The molecule has 1 unspecified atom stereocenters. The number of benzene rings is 1. The summed E-state index contributed by atoms with van der Waals surface area (Å²) < 4.78 is 14.8.